The quantitative estimate of drug-likeness (QED) is 0.682. The van der Waals surface area contributed by atoms with Gasteiger partial charge in [0.25, 0.3) is 5.91 Å². The highest BCUT2D eigenvalue weighted by Crippen LogP contribution is 2.39. The SMILES string of the molecule is Cc1ccccc1N1CCc2c(sc(NC(=O)c3ccccc3)c2C(=O)O)C1. The molecule has 1 aromatic heterocycles. The van der Waals surface area contributed by atoms with Crippen molar-refractivity contribution in [3.63, 3.8) is 0 Å². The third kappa shape index (κ3) is 3.39. The molecular weight excluding hydrogens is 372 g/mol. The van der Waals surface area contributed by atoms with Crippen LogP contribution in [0.4, 0.5) is 10.7 Å². The van der Waals surface area contributed by atoms with E-state index in [2.05, 4.69) is 29.3 Å². The number of para-hydroxylation sites is 1. The summed E-state index contributed by atoms with van der Waals surface area (Å²) in [5.74, 6) is -1.29. The predicted molar refractivity (Wildman–Crippen MR) is 112 cm³/mol. The van der Waals surface area contributed by atoms with Crippen molar-refractivity contribution in [2.45, 2.75) is 19.9 Å². The Morgan fingerprint density at radius 3 is 2.50 bits per heavy atom. The Hall–Kier alpha value is -3.12. The number of carboxylic acids is 1. The Morgan fingerprint density at radius 1 is 1.07 bits per heavy atom. The van der Waals surface area contributed by atoms with Gasteiger partial charge in [0.2, 0.25) is 0 Å². The Morgan fingerprint density at radius 2 is 1.79 bits per heavy atom. The molecule has 0 bridgehead atoms. The smallest absolute Gasteiger partial charge is 0.339 e. The van der Waals surface area contributed by atoms with Crippen LogP contribution in [-0.4, -0.2) is 23.5 Å². The molecule has 0 fully saturated rings. The maximum atomic E-state index is 12.5. The molecule has 4 rings (SSSR count). The molecule has 2 aromatic carbocycles. The number of aryl methyl sites for hydroxylation is 1. The van der Waals surface area contributed by atoms with Crippen LogP contribution in [0.5, 0.6) is 0 Å². The van der Waals surface area contributed by atoms with Crippen molar-refractivity contribution < 1.29 is 14.7 Å². The van der Waals surface area contributed by atoms with E-state index >= 15 is 0 Å². The number of carboxylic acid groups (broad SMARTS) is 1. The van der Waals surface area contributed by atoms with E-state index in [4.69, 9.17) is 0 Å². The van der Waals surface area contributed by atoms with Crippen LogP contribution in [0.1, 0.15) is 36.7 Å². The Balaban J connectivity index is 1.65. The zero-order valence-electron chi connectivity index (χ0n) is 15.4. The highest BCUT2D eigenvalue weighted by atomic mass is 32.1. The molecule has 3 aromatic rings. The molecule has 5 nitrogen and oxygen atoms in total. The molecule has 6 heteroatoms. The van der Waals surface area contributed by atoms with Crippen LogP contribution in [-0.2, 0) is 13.0 Å². The number of aromatic carboxylic acids is 1. The molecule has 0 atom stereocenters. The number of nitrogens with zero attached hydrogens (tertiary/aromatic N) is 1. The van der Waals surface area contributed by atoms with Crippen molar-refractivity contribution in [2.24, 2.45) is 0 Å². The summed E-state index contributed by atoms with van der Waals surface area (Å²) in [4.78, 5) is 27.7. The zero-order chi connectivity index (χ0) is 19.7. The van der Waals surface area contributed by atoms with E-state index in [9.17, 15) is 14.7 Å². The molecule has 0 saturated heterocycles. The van der Waals surface area contributed by atoms with Crippen molar-refractivity contribution in [3.05, 3.63) is 81.7 Å². The van der Waals surface area contributed by atoms with Crippen molar-refractivity contribution >= 4 is 33.9 Å². The molecule has 0 aliphatic carbocycles. The maximum Gasteiger partial charge on any atom is 0.339 e. The summed E-state index contributed by atoms with van der Waals surface area (Å²) in [5.41, 5.74) is 3.93. The minimum Gasteiger partial charge on any atom is -0.478 e. The van der Waals surface area contributed by atoms with E-state index in [1.54, 1.807) is 24.3 Å². The summed E-state index contributed by atoms with van der Waals surface area (Å²) < 4.78 is 0. The number of nitrogens with one attached hydrogen (secondary N) is 1. The van der Waals surface area contributed by atoms with Gasteiger partial charge in [-0.2, -0.15) is 0 Å². The fraction of sp³-hybridized carbons (Fsp3) is 0.182. The Kier molecular flexibility index (Phi) is 4.88. The number of hydrogen-bond donors (Lipinski definition) is 2. The summed E-state index contributed by atoms with van der Waals surface area (Å²) in [5, 5.41) is 13.0. The standard InChI is InChI=1S/C22H20N2O3S/c1-14-7-5-6-10-17(14)24-12-11-16-18(13-24)28-21(19(16)22(26)27)23-20(25)15-8-3-2-4-9-15/h2-10H,11-13H2,1H3,(H,23,25)(H,26,27). The molecular formula is C22H20N2O3S. The second-order valence-corrected chi connectivity index (χ2v) is 7.90. The fourth-order valence-corrected chi connectivity index (χ4v) is 4.86. The lowest BCUT2D eigenvalue weighted by Gasteiger charge is -2.30. The van der Waals surface area contributed by atoms with Crippen LogP contribution in [0.3, 0.4) is 0 Å². The topological polar surface area (TPSA) is 69.6 Å². The second-order valence-electron chi connectivity index (χ2n) is 6.79. The van der Waals surface area contributed by atoms with Crippen LogP contribution in [0.25, 0.3) is 0 Å². The summed E-state index contributed by atoms with van der Waals surface area (Å²) in [6.45, 7) is 3.47. The van der Waals surface area contributed by atoms with Gasteiger partial charge in [-0.15, -0.1) is 11.3 Å². The number of carbonyl (C=O) groups excluding carboxylic acids is 1. The number of benzene rings is 2. The average Bonchev–Trinajstić information content (AvgIpc) is 3.06. The van der Waals surface area contributed by atoms with Crippen molar-refractivity contribution in [3.8, 4) is 0 Å². The fourth-order valence-electron chi connectivity index (χ4n) is 3.61. The number of rotatable bonds is 4. The Labute approximate surface area is 167 Å². The van der Waals surface area contributed by atoms with Gasteiger partial charge in [0.1, 0.15) is 5.00 Å². The van der Waals surface area contributed by atoms with Gasteiger partial charge in [0.05, 0.1) is 12.1 Å². The molecule has 0 spiro atoms. The number of amides is 1. The third-order valence-corrected chi connectivity index (χ3v) is 6.12. The van der Waals surface area contributed by atoms with E-state index in [0.29, 0.717) is 23.5 Å². The van der Waals surface area contributed by atoms with Gasteiger partial charge in [-0.3, -0.25) is 4.79 Å². The van der Waals surface area contributed by atoms with Gasteiger partial charge in [-0.25, -0.2) is 4.79 Å². The minimum atomic E-state index is -0.995. The molecule has 142 valence electrons. The highest BCUT2D eigenvalue weighted by molar-refractivity contribution is 7.17. The predicted octanol–water partition coefficient (Wildman–Crippen LogP) is 4.57. The van der Waals surface area contributed by atoms with E-state index in [1.165, 1.54) is 16.9 Å². The number of hydrogen-bond acceptors (Lipinski definition) is 4. The summed E-state index contributed by atoms with van der Waals surface area (Å²) in [6.07, 6.45) is 0.642. The first-order valence-electron chi connectivity index (χ1n) is 9.09. The molecule has 2 heterocycles. The molecule has 2 N–H and O–H groups in total. The summed E-state index contributed by atoms with van der Waals surface area (Å²) >= 11 is 1.36. The van der Waals surface area contributed by atoms with E-state index in [0.717, 1.165) is 22.7 Å². The van der Waals surface area contributed by atoms with Gasteiger partial charge in [-0.05, 0) is 42.7 Å². The van der Waals surface area contributed by atoms with E-state index < -0.39 is 5.97 Å². The number of fused-ring (bicyclic) bond motifs is 1. The maximum absolute atomic E-state index is 12.5. The largest absolute Gasteiger partial charge is 0.478 e. The molecule has 1 aliphatic rings. The van der Waals surface area contributed by atoms with Crippen molar-refractivity contribution in [2.75, 3.05) is 16.8 Å². The highest BCUT2D eigenvalue weighted by Gasteiger charge is 2.29. The van der Waals surface area contributed by atoms with Crippen molar-refractivity contribution in [1.82, 2.24) is 0 Å². The van der Waals surface area contributed by atoms with Crippen LogP contribution in [0.2, 0.25) is 0 Å². The Bertz CT molecular complexity index is 1040. The summed E-state index contributed by atoms with van der Waals surface area (Å²) in [6, 6.07) is 17.0. The lowest BCUT2D eigenvalue weighted by molar-refractivity contribution is 0.0697. The number of thiophene rings is 1. The van der Waals surface area contributed by atoms with Crippen LogP contribution in [0, 0.1) is 6.92 Å². The van der Waals surface area contributed by atoms with Gasteiger partial charge in [0.15, 0.2) is 0 Å². The van der Waals surface area contributed by atoms with E-state index in [1.807, 2.05) is 18.2 Å². The zero-order valence-corrected chi connectivity index (χ0v) is 16.3. The number of carbonyl (C=O) groups is 2. The first-order valence-corrected chi connectivity index (χ1v) is 9.91. The molecule has 28 heavy (non-hydrogen) atoms. The van der Waals surface area contributed by atoms with Gasteiger partial charge >= 0.3 is 5.97 Å². The van der Waals surface area contributed by atoms with Gasteiger partial charge in [0, 0.05) is 22.7 Å². The first kappa shape index (κ1) is 18.3. The molecule has 0 saturated carbocycles. The number of anilines is 2. The van der Waals surface area contributed by atoms with Crippen LogP contribution >= 0.6 is 11.3 Å². The molecule has 0 radical (unpaired) electrons. The lowest BCUT2D eigenvalue weighted by atomic mass is 10.0. The van der Waals surface area contributed by atoms with Crippen LogP contribution < -0.4 is 10.2 Å². The van der Waals surface area contributed by atoms with E-state index in [-0.39, 0.29) is 11.5 Å². The normalized spacial score (nSPS) is 13.1. The average molecular weight is 392 g/mol. The third-order valence-electron chi connectivity index (χ3n) is 4.99. The molecule has 1 amide bonds. The summed E-state index contributed by atoms with van der Waals surface area (Å²) in [7, 11) is 0. The van der Waals surface area contributed by atoms with Gasteiger partial charge < -0.3 is 15.3 Å². The monoisotopic (exact) mass is 392 g/mol. The van der Waals surface area contributed by atoms with Gasteiger partial charge in [-0.1, -0.05) is 36.4 Å². The minimum absolute atomic E-state index is 0.230. The van der Waals surface area contributed by atoms with Crippen LogP contribution in [0.15, 0.2) is 54.6 Å². The lowest BCUT2D eigenvalue weighted by Crippen LogP contribution is -2.30. The second kappa shape index (κ2) is 7.48. The van der Waals surface area contributed by atoms with Crippen molar-refractivity contribution in [1.29, 1.82) is 0 Å². The molecule has 0 unspecified atom stereocenters. The first-order chi connectivity index (χ1) is 13.5. The molecule has 1 aliphatic heterocycles.